The summed E-state index contributed by atoms with van der Waals surface area (Å²) in [6, 6.07) is 7.93. The Kier molecular flexibility index (Phi) is 6.19. The zero-order chi connectivity index (χ0) is 20.2. The highest BCUT2D eigenvalue weighted by Crippen LogP contribution is 2.29. The standard InChI is InChI=1S/C23H31N3O3/c1-28-19-10-8-18(9-11-19)14-26-16-24-20-12-21(23(27)29-2)25(15-22(20)26)13-17-6-4-3-5-7-17/h8-11,16-17,21H,3-7,12-15H2,1-2H3/t21-/m0/s1. The molecule has 0 N–H and O–H groups in total. The largest absolute Gasteiger partial charge is 0.497 e. The Labute approximate surface area is 172 Å². The summed E-state index contributed by atoms with van der Waals surface area (Å²) in [5, 5.41) is 0. The SMILES string of the molecule is COC(=O)[C@@H]1Cc2ncn(Cc3ccc(OC)cc3)c2CN1CC1CCCCC1. The summed E-state index contributed by atoms with van der Waals surface area (Å²) in [7, 11) is 3.17. The predicted octanol–water partition coefficient (Wildman–Crippen LogP) is 3.42. The Balaban J connectivity index is 1.53. The molecule has 1 aromatic heterocycles. The van der Waals surface area contributed by atoms with Crippen LogP contribution in [-0.4, -0.2) is 47.2 Å². The van der Waals surface area contributed by atoms with Crippen LogP contribution in [0.1, 0.15) is 49.1 Å². The van der Waals surface area contributed by atoms with Gasteiger partial charge in [0, 0.05) is 26.1 Å². The molecule has 2 aromatic rings. The van der Waals surface area contributed by atoms with E-state index in [4.69, 9.17) is 9.47 Å². The molecule has 2 aliphatic rings. The van der Waals surface area contributed by atoms with Crippen molar-refractivity contribution in [1.29, 1.82) is 0 Å². The number of fused-ring (bicyclic) bond motifs is 1. The molecule has 1 aliphatic carbocycles. The second-order valence-electron chi connectivity index (χ2n) is 8.29. The topological polar surface area (TPSA) is 56.6 Å². The molecule has 0 spiro atoms. The minimum absolute atomic E-state index is 0.142. The van der Waals surface area contributed by atoms with E-state index < -0.39 is 0 Å². The van der Waals surface area contributed by atoms with E-state index in [-0.39, 0.29) is 12.0 Å². The van der Waals surface area contributed by atoms with E-state index in [0.29, 0.717) is 12.3 Å². The molecule has 1 atom stereocenters. The fourth-order valence-electron chi connectivity index (χ4n) is 4.74. The van der Waals surface area contributed by atoms with Crippen molar-refractivity contribution in [2.75, 3.05) is 20.8 Å². The van der Waals surface area contributed by atoms with E-state index in [2.05, 4.69) is 26.6 Å². The summed E-state index contributed by atoms with van der Waals surface area (Å²) in [6.45, 7) is 2.49. The predicted molar refractivity (Wildman–Crippen MR) is 111 cm³/mol. The number of hydrogen-bond acceptors (Lipinski definition) is 5. The van der Waals surface area contributed by atoms with E-state index in [1.54, 1.807) is 7.11 Å². The zero-order valence-corrected chi connectivity index (χ0v) is 17.5. The number of ether oxygens (including phenoxy) is 2. The van der Waals surface area contributed by atoms with Gasteiger partial charge in [0.1, 0.15) is 11.8 Å². The van der Waals surface area contributed by atoms with Crippen LogP contribution in [0.15, 0.2) is 30.6 Å². The third-order valence-corrected chi connectivity index (χ3v) is 6.42. The van der Waals surface area contributed by atoms with Crippen LogP contribution < -0.4 is 4.74 Å². The molecular weight excluding hydrogens is 366 g/mol. The third-order valence-electron chi connectivity index (χ3n) is 6.42. The normalized spacial score (nSPS) is 20.3. The highest BCUT2D eigenvalue weighted by atomic mass is 16.5. The number of carbonyl (C=O) groups excluding carboxylic acids is 1. The number of aromatic nitrogens is 2. The molecule has 1 saturated carbocycles. The first-order valence-corrected chi connectivity index (χ1v) is 10.7. The molecule has 1 aromatic carbocycles. The molecule has 1 fully saturated rings. The Morgan fingerprint density at radius 1 is 1.14 bits per heavy atom. The summed E-state index contributed by atoms with van der Waals surface area (Å²) in [6.07, 6.45) is 9.03. The Hall–Kier alpha value is -2.34. The van der Waals surface area contributed by atoms with Crippen LogP contribution in [0.25, 0.3) is 0 Å². The molecule has 0 saturated heterocycles. The van der Waals surface area contributed by atoms with Crippen molar-refractivity contribution >= 4 is 5.97 Å². The Morgan fingerprint density at radius 2 is 1.90 bits per heavy atom. The minimum atomic E-state index is -0.223. The van der Waals surface area contributed by atoms with Crippen molar-refractivity contribution in [3.8, 4) is 5.75 Å². The first kappa shape index (κ1) is 20.0. The average molecular weight is 398 g/mol. The van der Waals surface area contributed by atoms with E-state index in [1.807, 2.05) is 18.5 Å². The molecule has 2 heterocycles. The van der Waals surface area contributed by atoms with Gasteiger partial charge in [-0.05, 0) is 36.5 Å². The second kappa shape index (κ2) is 8.99. The van der Waals surface area contributed by atoms with Crippen LogP contribution in [0.2, 0.25) is 0 Å². The number of benzene rings is 1. The van der Waals surface area contributed by atoms with Crippen molar-refractivity contribution in [2.45, 2.75) is 57.7 Å². The third kappa shape index (κ3) is 4.47. The number of methoxy groups -OCH3 is 2. The quantitative estimate of drug-likeness (QED) is 0.699. The lowest BCUT2D eigenvalue weighted by molar-refractivity contribution is -0.148. The second-order valence-corrected chi connectivity index (χ2v) is 8.29. The van der Waals surface area contributed by atoms with Gasteiger partial charge in [0.25, 0.3) is 0 Å². The number of carbonyl (C=O) groups is 1. The maximum atomic E-state index is 12.5. The number of nitrogens with zero attached hydrogens (tertiary/aromatic N) is 3. The van der Waals surface area contributed by atoms with E-state index >= 15 is 0 Å². The number of hydrogen-bond donors (Lipinski definition) is 0. The van der Waals surface area contributed by atoms with Gasteiger partial charge in [0.05, 0.1) is 31.9 Å². The smallest absolute Gasteiger partial charge is 0.323 e. The minimum Gasteiger partial charge on any atom is -0.497 e. The summed E-state index contributed by atoms with van der Waals surface area (Å²) >= 11 is 0. The van der Waals surface area contributed by atoms with Gasteiger partial charge in [-0.2, -0.15) is 0 Å². The van der Waals surface area contributed by atoms with Crippen LogP contribution in [-0.2, 0) is 29.0 Å². The van der Waals surface area contributed by atoms with Crippen LogP contribution in [0, 0.1) is 5.92 Å². The Morgan fingerprint density at radius 3 is 2.59 bits per heavy atom. The van der Waals surface area contributed by atoms with Gasteiger partial charge < -0.3 is 14.0 Å². The van der Waals surface area contributed by atoms with E-state index in [1.165, 1.54) is 50.5 Å². The zero-order valence-electron chi connectivity index (χ0n) is 17.5. The van der Waals surface area contributed by atoms with Crippen molar-refractivity contribution in [2.24, 2.45) is 5.92 Å². The van der Waals surface area contributed by atoms with Crippen molar-refractivity contribution in [3.05, 3.63) is 47.5 Å². The molecule has 1 aliphatic heterocycles. The lowest BCUT2D eigenvalue weighted by atomic mass is 9.88. The molecular formula is C23H31N3O3. The first-order valence-electron chi connectivity index (χ1n) is 10.7. The average Bonchev–Trinajstić information content (AvgIpc) is 3.15. The van der Waals surface area contributed by atoms with Gasteiger partial charge in [-0.3, -0.25) is 9.69 Å². The molecule has 0 bridgehead atoms. The fraction of sp³-hybridized carbons (Fsp3) is 0.565. The van der Waals surface area contributed by atoms with Gasteiger partial charge in [-0.25, -0.2) is 4.98 Å². The molecule has 0 unspecified atom stereocenters. The molecule has 6 heteroatoms. The van der Waals surface area contributed by atoms with Gasteiger partial charge in [-0.1, -0.05) is 31.4 Å². The highest BCUT2D eigenvalue weighted by molar-refractivity contribution is 5.76. The maximum absolute atomic E-state index is 12.5. The molecule has 4 rings (SSSR count). The molecule has 156 valence electrons. The van der Waals surface area contributed by atoms with Gasteiger partial charge in [-0.15, -0.1) is 0 Å². The monoisotopic (exact) mass is 397 g/mol. The van der Waals surface area contributed by atoms with Crippen LogP contribution in [0.5, 0.6) is 5.75 Å². The van der Waals surface area contributed by atoms with Gasteiger partial charge in [0.2, 0.25) is 0 Å². The molecule has 0 amide bonds. The van der Waals surface area contributed by atoms with Crippen LogP contribution in [0.3, 0.4) is 0 Å². The van der Waals surface area contributed by atoms with Crippen molar-refractivity contribution in [3.63, 3.8) is 0 Å². The van der Waals surface area contributed by atoms with Crippen LogP contribution in [0.4, 0.5) is 0 Å². The van der Waals surface area contributed by atoms with Crippen molar-refractivity contribution in [1.82, 2.24) is 14.5 Å². The lowest BCUT2D eigenvalue weighted by Gasteiger charge is -2.37. The van der Waals surface area contributed by atoms with E-state index in [9.17, 15) is 4.79 Å². The summed E-state index contributed by atoms with van der Waals surface area (Å²) in [5.74, 6) is 1.40. The first-order chi connectivity index (χ1) is 14.2. The summed E-state index contributed by atoms with van der Waals surface area (Å²) in [5.41, 5.74) is 3.45. The molecule has 0 radical (unpaired) electrons. The van der Waals surface area contributed by atoms with Crippen molar-refractivity contribution < 1.29 is 14.3 Å². The summed E-state index contributed by atoms with van der Waals surface area (Å²) in [4.78, 5) is 19.4. The van der Waals surface area contributed by atoms with E-state index in [0.717, 1.165) is 31.1 Å². The van der Waals surface area contributed by atoms with Crippen LogP contribution >= 0.6 is 0 Å². The van der Waals surface area contributed by atoms with Gasteiger partial charge >= 0.3 is 5.97 Å². The molecule has 6 nitrogen and oxygen atoms in total. The summed E-state index contributed by atoms with van der Waals surface area (Å²) < 4.78 is 12.6. The Bertz CT molecular complexity index is 824. The fourth-order valence-corrected chi connectivity index (χ4v) is 4.74. The number of rotatable bonds is 6. The maximum Gasteiger partial charge on any atom is 0.323 e. The lowest BCUT2D eigenvalue weighted by Crippen LogP contribution is -2.48. The number of esters is 1. The van der Waals surface area contributed by atoms with Gasteiger partial charge in [0.15, 0.2) is 0 Å². The number of imidazole rings is 1. The highest BCUT2D eigenvalue weighted by Gasteiger charge is 2.36. The molecule has 29 heavy (non-hydrogen) atoms.